The zero-order chi connectivity index (χ0) is 17.1. The Kier molecular flexibility index (Phi) is 4.93. The molecule has 0 aromatic heterocycles. The Morgan fingerprint density at radius 2 is 1.68 bits per heavy atom. The van der Waals surface area contributed by atoms with Crippen LogP contribution < -0.4 is 15.8 Å². The van der Waals surface area contributed by atoms with E-state index in [1.165, 1.54) is 48.8 Å². The summed E-state index contributed by atoms with van der Waals surface area (Å²) in [7, 11) is 0. The van der Waals surface area contributed by atoms with E-state index in [9.17, 15) is 0 Å². The maximum absolute atomic E-state index is 6.47. The van der Waals surface area contributed by atoms with Gasteiger partial charge in [0.05, 0.1) is 6.10 Å². The number of para-hydroxylation sites is 1. The lowest BCUT2D eigenvalue weighted by molar-refractivity contribution is 0.121. The lowest BCUT2D eigenvalue weighted by atomic mass is 9.84. The van der Waals surface area contributed by atoms with Crippen molar-refractivity contribution in [1.82, 2.24) is 5.32 Å². The molecule has 1 atom stereocenters. The van der Waals surface area contributed by atoms with Gasteiger partial charge in [-0.05, 0) is 80.8 Å². The van der Waals surface area contributed by atoms with E-state index in [0.29, 0.717) is 12.0 Å². The Morgan fingerprint density at radius 3 is 2.52 bits per heavy atom. The molecular weight excluding hydrogens is 308 g/mol. The zero-order valence-electron chi connectivity index (χ0n) is 14.8. The van der Waals surface area contributed by atoms with Crippen molar-refractivity contribution in [3.8, 4) is 16.9 Å². The summed E-state index contributed by atoms with van der Waals surface area (Å²) in [6.07, 6.45) is 7.56. The van der Waals surface area contributed by atoms with Gasteiger partial charge in [0.15, 0.2) is 0 Å². The smallest absolute Gasteiger partial charge is 0.127 e. The van der Waals surface area contributed by atoms with Crippen LogP contribution in [-0.4, -0.2) is 19.2 Å². The van der Waals surface area contributed by atoms with Gasteiger partial charge in [-0.2, -0.15) is 0 Å². The van der Waals surface area contributed by atoms with Crippen molar-refractivity contribution in [2.45, 2.75) is 50.5 Å². The van der Waals surface area contributed by atoms with Gasteiger partial charge in [0.2, 0.25) is 0 Å². The summed E-state index contributed by atoms with van der Waals surface area (Å²) in [4.78, 5) is 0. The first-order chi connectivity index (χ1) is 12.3. The van der Waals surface area contributed by atoms with Gasteiger partial charge in [-0.15, -0.1) is 0 Å². The van der Waals surface area contributed by atoms with Crippen molar-refractivity contribution < 1.29 is 4.74 Å². The Balaban J connectivity index is 1.74. The van der Waals surface area contributed by atoms with Gasteiger partial charge in [-0.3, -0.25) is 0 Å². The minimum atomic E-state index is 0.382. The second kappa shape index (κ2) is 7.49. The van der Waals surface area contributed by atoms with Gasteiger partial charge in [-0.1, -0.05) is 30.3 Å². The predicted octanol–water partition coefficient (Wildman–Crippen LogP) is 4.72. The Labute approximate surface area is 150 Å². The van der Waals surface area contributed by atoms with Gasteiger partial charge >= 0.3 is 0 Å². The van der Waals surface area contributed by atoms with Crippen LogP contribution in [0.25, 0.3) is 11.1 Å². The van der Waals surface area contributed by atoms with E-state index in [2.05, 4.69) is 41.7 Å². The number of nitrogens with two attached hydrogens (primary N) is 1. The molecule has 25 heavy (non-hydrogen) atoms. The fourth-order valence-corrected chi connectivity index (χ4v) is 4.04. The molecule has 4 rings (SSSR count). The highest BCUT2D eigenvalue weighted by atomic mass is 16.5. The van der Waals surface area contributed by atoms with Gasteiger partial charge in [-0.25, -0.2) is 0 Å². The first-order valence-corrected chi connectivity index (χ1v) is 9.68. The average Bonchev–Trinajstić information content (AvgIpc) is 2.87. The Hall–Kier alpha value is -2.00. The average molecular weight is 336 g/mol. The van der Waals surface area contributed by atoms with Crippen molar-refractivity contribution in [1.29, 1.82) is 0 Å². The molecular formula is C22H28N2O. The van der Waals surface area contributed by atoms with E-state index < -0.39 is 0 Å². The van der Waals surface area contributed by atoms with Gasteiger partial charge in [0.25, 0.3) is 0 Å². The summed E-state index contributed by atoms with van der Waals surface area (Å²) in [5, 5.41) is 3.51. The van der Waals surface area contributed by atoms with E-state index in [0.717, 1.165) is 30.9 Å². The lowest BCUT2D eigenvalue weighted by Crippen LogP contribution is -2.24. The first-order valence-electron chi connectivity index (χ1n) is 9.68. The Bertz CT molecular complexity index is 716. The number of hydrogen-bond donors (Lipinski definition) is 2. The number of benzene rings is 2. The summed E-state index contributed by atoms with van der Waals surface area (Å²) in [6.45, 7) is 2.18. The van der Waals surface area contributed by atoms with E-state index in [1.807, 2.05) is 6.07 Å². The van der Waals surface area contributed by atoms with Crippen LogP contribution in [-0.2, 0) is 0 Å². The molecule has 2 fully saturated rings. The summed E-state index contributed by atoms with van der Waals surface area (Å²) in [6, 6.07) is 14.8. The highest BCUT2D eigenvalue weighted by Gasteiger charge is 2.24. The zero-order valence-corrected chi connectivity index (χ0v) is 14.8. The summed E-state index contributed by atoms with van der Waals surface area (Å²) in [5.41, 5.74) is 11.1. The standard InChI is InChI=1S/C22H28N2O/c23-20-11-4-10-19(22(20)16-6-5-14-24-15-13-16)18-9-1-2-12-21(18)25-17-7-3-8-17/h1-2,4,9-12,16-17,24H,3,5-8,13-15,23H2. The Morgan fingerprint density at radius 1 is 0.840 bits per heavy atom. The minimum absolute atomic E-state index is 0.382. The molecule has 0 bridgehead atoms. The normalized spacial score (nSPS) is 21.4. The maximum atomic E-state index is 6.47. The molecule has 2 aromatic rings. The molecule has 1 unspecified atom stereocenters. The second-order valence-corrected chi connectivity index (χ2v) is 7.35. The minimum Gasteiger partial charge on any atom is -0.490 e. The van der Waals surface area contributed by atoms with E-state index in [4.69, 9.17) is 10.5 Å². The molecule has 1 aliphatic heterocycles. The van der Waals surface area contributed by atoms with Gasteiger partial charge in [0.1, 0.15) is 5.75 Å². The SMILES string of the molecule is Nc1cccc(-c2ccccc2OC2CCC2)c1C1CCCNCC1. The summed E-state index contributed by atoms with van der Waals surface area (Å²) in [5.74, 6) is 1.52. The molecule has 3 heteroatoms. The molecule has 2 aromatic carbocycles. The predicted molar refractivity (Wildman–Crippen MR) is 104 cm³/mol. The molecule has 0 amide bonds. The number of nitrogen functional groups attached to an aromatic ring is 1. The summed E-state index contributed by atoms with van der Waals surface area (Å²) < 4.78 is 6.29. The molecule has 0 spiro atoms. The number of hydrogen-bond acceptors (Lipinski definition) is 3. The molecule has 3 N–H and O–H groups in total. The van der Waals surface area contributed by atoms with Crippen molar-refractivity contribution in [2.24, 2.45) is 0 Å². The molecule has 1 heterocycles. The lowest BCUT2D eigenvalue weighted by Gasteiger charge is -2.28. The van der Waals surface area contributed by atoms with Crippen molar-refractivity contribution in [3.63, 3.8) is 0 Å². The van der Waals surface area contributed by atoms with Crippen LogP contribution in [0.1, 0.15) is 50.0 Å². The van der Waals surface area contributed by atoms with Crippen LogP contribution in [0.3, 0.4) is 0 Å². The monoisotopic (exact) mass is 336 g/mol. The molecule has 1 saturated carbocycles. The molecule has 0 radical (unpaired) electrons. The highest BCUT2D eigenvalue weighted by molar-refractivity contribution is 5.78. The van der Waals surface area contributed by atoms with Gasteiger partial charge < -0.3 is 15.8 Å². The van der Waals surface area contributed by atoms with Crippen LogP contribution in [0.2, 0.25) is 0 Å². The fraction of sp³-hybridized carbons (Fsp3) is 0.455. The molecule has 3 nitrogen and oxygen atoms in total. The van der Waals surface area contributed by atoms with E-state index in [-0.39, 0.29) is 0 Å². The third-order valence-corrected chi connectivity index (χ3v) is 5.65. The number of ether oxygens (including phenoxy) is 1. The van der Waals surface area contributed by atoms with Crippen LogP contribution in [0.5, 0.6) is 5.75 Å². The van der Waals surface area contributed by atoms with Crippen LogP contribution in [0, 0.1) is 0 Å². The van der Waals surface area contributed by atoms with Crippen molar-refractivity contribution in [2.75, 3.05) is 18.8 Å². The third-order valence-electron chi connectivity index (χ3n) is 5.65. The van der Waals surface area contributed by atoms with Crippen molar-refractivity contribution >= 4 is 5.69 Å². The van der Waals surface area contributed by atoms with E-state index in [1.54, 1.807) is 0 Å². The van der Waals surface area contributed by atoms with Crippen LogP contribution >= 0.6 is 0 Å². The maximum Gasteiger partial charge on any atom is 0.127 e. The second-order valence-electron chi connectivity index (χ2n) is 7.35. The van der Waals surface area contributed by atoms with E-state index >= 15 is 0 Å². The third kappa shape index (κ3) is 3.52. The molecule has 2 aliphatic rings. The topological polar surface area (TPSA) is 47.3 Å². The van der Waals surface area contributed by atoms with Gasteiger partial charge in [0, 0.05) is 11.3 Å². The number of nitrogens with one attached hydrogen (secondary N) is 1. The molecule has 1 aliphatic carbocycles. The van der Waals surface area contributed by atoms with Crippen LogP contribution in [0.15, 0.2) is 42.5 Å². The number of anilines is 1. The highest BCUT2D eigenvalue weighted by Crippen LogP contribution is 2.42. The first kappa shape index (κ1) is 16.5. The van der Waals surface area contributed by atoms with Crippen molar-refractivity contribution in [3.05, 3.63) is 48.0 Å². The molecule has 1 saturated heterocycles. The largest absolute Gasteiger partial charge is 0.490 e. The summed E-state index contributed by atoms with van der Waals surface area (Å²) >= 11 is 0. The quantitative estimate of drug-likeness (QED) is 0.794. The fourth-order valence-electron chi connectivity index (χ4n) is 4.04. The molecule has 132 valence electrons. The van der Waals surface area contributed by atoms with Crippen LogP contribution in [0.4, 0.5) is 5.69 Å². The number of rotatable bonds is 4.